The highest BCUT2D eigenvalue weighted by Gasteiger charge is 2.24. The van der Waals surface area contributed by atoms with Crippen molar-refractivity contribution in [3.63, 3.8) is 0 Å². The molecule has 0 saturated heterocycles. The molecule has 0 aromatic carbocycles. The summed E-state index contributed by atoms with van der Waals surface area (Å²) in [6.45, 7) is 8.86. The molecule has 1 rings (SSSR count). The average Bonchev–Trinajstić information content (AvgIpc) is 2.28. The first-order valence-electron chi connectivity index (χ1n) is 6.01. The molecule has 0 saturated carbocycles. The van der Waals surface area contributed by atoms with E-state index in [1.165, 1.54) is 0 Å². The quantitative estimate of drug-likeness (QED) is 0.798. The summed E-state index contributed by atoms with van der Waals surface area (Å²) in [6.07, 6.45) is 1.71. The van der Waals surface area contributed by atoms with Crippen molar-refractivity contribution < 1.29 is 9.84 Å². The Morgan fingerprint density at radius 2 is 2.18 bits per heavy atom. The summed E-state index contributed by atoms with van der Waals surface area (Å²) in [6, 6.07) is 3.71. The van der Waals surface area contributed by atoms with Crippen LogP contribution in [0.5, 0.6) is 5.88 Å². The lowest BCUT2D eigenvalue weighted by molar-refractivity contribution is 0.0266. The number of anilines is 1. The summed E-state index contributed by atoms with van der Waals surface area (Å²) in [5.74, 6) is 0.819. The number of nitrogens with one attached hydrogen (secondary N) is 1. The minimum Gasteiger partial charge on any atom is -0.478 e. The molecule has 0 bridgehead atoms. The molecule has 1 atom stereocenters. The van der Waals surface area contributed by atoms with Crippen molar-refractivity contribution in [3.8, 4) is 5.88 Å². The number of ether oxygens (including phenoxy) is 1. The highest BCUT2D eigenvalue weighted by Crippen LogP contribution is 2.18. The van der Waals surface area contributed by atoms with Crippen LogP contribution in [0.3, 0.4) is 0 Å². The van der Waals surface area contributed by atoms with Crippen LogP contribution in [0.2, 0.25) is 0 Å². The highest BCUT2D eigenvalue weighted by atomic mass is 16.5. The number of pyridine rings is 1. The van der Waals surface area contributed by atoms with Crippen LogP contribution in [-0.4, -0.2) is 28.8 Å². The first-order chi connectivity index (χ1) is 7.95. The van der Waals surface area contributed by atoms with Crippen LogP contribution in [-0.2, 0) is 0 Å². The molecule has 4 heteroatoms. The van der Waals surface area contributed by atoms with Crippen LogP contribution >= 0.6 is 0 Å². The lowest BCUT2D eigenvalue weighted by atomic mass is 9.92. The summed E-state index contributed by atoms with van der Waals surface area (Å²) < 4.78 is 5.26. The van der Waals surface area contributed by atoms with Gasteiger partial charge in [-0.25, -0.2) is 4.98 Å². The normalized spacial score (nSPS) is 14.5. The van der Waals surface area contributed by atoms with Crippen molar-refractivity contribution in [1.29, 1.82) is 0 Å². The van der Waals surface area contributed by atoms with Crippen molar-refractivity contribution in [2.75, 3.05) is 18.5 Å². The third kappa shape index (κ3) is 4.23. The Bertz CT molecular complexity index is 334. The van der Waals surface area contributed by atoms with Crippen LogP contribution in [0.4, 0.5) is 5.69 Å². The fourth-order valence-electron chi connectivity index (χ4n) is 1.20. The lowest BCUT2D eigenvalue weighted by Gasteiger charge is -2.28. The molecular formula is C13H22N2O2. The highest BCUT2D eigenvalue weighted by molar-refractivity contribution is 5.42. The molecule has 0 aliphatic rings. The molecule has 1 unspecified atom stereocenters. The molecule has 2 N–H and O–H groups in total. The van der Waals surface area contributed by atoms with Gasteiger partial charge in [0.05, 0.1) is 24.1 Å². The maximum absolute atomic E-state index is 10.1. The summed E-state index contributed by atoms with van der Waals surface area (Å²) in [4.78, 5) is 4.15. The molecule has 4 nitrogen and oxygen atoms in total. The summed E-state index contributed by atoms with van der Waals surface area (Å²) in [5, 5.41) is 13.3. The number of rotatable bonds is 6. The van der Waals surface area contributed by atoms with Gasteiger partial charge >= 0.3 is 0 Å². The predicted octanol–water partition coefficient (Wildman–Crippen LogP) is 2.30. The van der Waals surface area contributed by atoms with Gasteiger partial charge in [-0.2, -0.15) is 0 Å². The monoisotopic (exact) mass is 238 g/mol. The number of hydrogen-bond acceptors (Lipinski definition) is 4. The van der Waals surface area contributed by atoms with Gasteiger partial charge in [0.15, 0.2) is 0 Å². The van der Waals surface area contributed by atoms with Crippen molar-refractivity contribution in [2.45, 2.75) is 33.3 Å². The summed E-state index contributed by atoms with van der Waals surface area (Å²) in [5.41, 5.74) is 0.160. The van der Waals surface area contributed by atoms with E-state index in [4.69, 9.17) is 4.74 Å². The number of nitrogens with zero attached hydrogens (tertiary/aromatic N) is 1. The van der Waals surface area contributed by atoms with E-state index in [-0.39, 0.29) is 5.92 Å². The van der Waals surface area contributed by atoms with Crippen molar-refractivity contribution in [3.05, 3.63) is 18.3 Å². The molecule has 1 aromatic rings. The van der Waals surface area contributed by atoms with E-state index in [2.05, 4.69) is 10.3 Å². The van der Waals surface area contributed by atoms with Gasteiger partial charge in [0.2, 0.25) is 5.88 Å². The Morgan fingerprint density at radius 3 is 2.65 bits per heavy atom. The van der Waals surface area contributed by atoms with E-state index in [0.717, 1.165) is 5.69 Å². The smallest absolute Gasteiger partial charge is 0.213 e. The van der Waals surface area contributed by atoms with Gasteiger partial charge in [0, 0.05) is 12.6 Å². The molecule has 1 heterocycles. The van der Waals surface area contributed by atoms with Crippen LogP contribution < -0.4 is 10.1 Å². The van der Waals surface area contributed by atoms with Gasteiger partial charge < -0.3 is 15.2 Å². The Labute approximate surface area is 103 Å². The van der Waals surface area contributed by atoms with Crippen LogP contribution in [0, 0.1) is 5.92 Å². The summed E-state index contributed by atoms with van der Waals surface area (Å²) in [7, 11) is 0. The van der Waals surface area contributed by atoms with E-state index in [0.29, 0.717) is 19.0 Å². The Hall–Kier alpha value is -1.29. The molecule has 0 amide bonds. The molecule has 0 aliphatic heterocycles. The SMILES string of the molecule is CCOc1ccc(NCC(C)(O)C(C)C)cn1. The molecule has 17 heavy (non-hydrogen) atoms. The molecule has 1 aromatic heterocycles. The van der Waals surface area contributed by atoms with Gasteiger partial charge in [0.25, 0.3) is 0 Å². The topological polar surface area (TPSA) is 54.4 Å². The Morgan fingerprint density at radius 1 is 1.47 bits per heavy atom. The summed E-state index contributed by atoms with van der Waals surface area (Å²) >= 11 is 0. The fourth-order valence-corrected chi connectivity index (χ4v) is 1.20. The molecular weight excluding hydrogens is 216 g/mol. The second-order valence-electron chi connectivity index (χ2n) is 4.68. The second kappa shape index (κ2) is 5.87. The third-order valence-corrected chi connectivity index (χ3v) is 2.92. The van der Waals surface area contributed by atoms with Crippen LogP contribution in [0.15, 0.2) is 18.3 Å². The molecule has 0 radical (unpaired) electrons. The first-order valence-corrected chi connectivity index (χ1v) is 6.01. The largest absolute Gasteiger partial charge is 0.478 e. The maximum atomic E-state index is 10.1. The van der Waals surface area contributed by atoms with Crippen LogP contribution in [0.25, 0.3) is 0 Å². The second-order valence-corrected chi connectivity index (χ2v) is 4.68. The van der Waals surface area contributed by atoms with Gasteiger partial charge in [0.1, 0.15) is 0 Å². The van der Waals surface area contributed by atoms with E-state index in [9.17, 15) is 5.11 Å². The van der Waals surface area contributed by atoms with Crippen molar-refractivity contribution in [2.24, 2.45) is 5.92 Å². The van der Waals surface area contributed by atoms with E-state index in [1.807, 2.05) is 39.8 Å². The number of aromatic nitrogens is 1. The number of hydrogen-bond donors (Lipinski definition) is 2. The molecule has 96 valence electrons. The first kappa shape index (κ1) is 13.8. The zero-order valence-electron chi connectivity index (χ0n) is 11.0. The standard InChI is InChI=1S/C13H22N2O2/c1-5-17-12-7-6-11(8-14-12)15-9-13(4,16)10(2)3/h6-8,10,15-16H,5,9H2,1-4H3. The molecule has 0 aliphatic carbocycles. The van der Waals surface area contributed by atoms with Gasteiger partial charge in [-0.3, -0.25) is 0 Å². The van der Waals surface area contributed by atoms with Crippen LogP contribution in [0.1, 0.15) is 27.7 Å². The maximum Gasteiger partial charge on any atom is 0.213 e. The van der Waals surface area contributed by atoms with Gasteiger partial charge in [-0.05, 0) is 25.8 Å². The van der Waals surface area contributed by atoms with E-state index < -0.39 is 5.60 Å². The van der Waals surface area contributed by atoms with Crippen molar-refractivity contribution in [1.82, 2.24) is 4.98 Å². The Balaban J connectivity index is 2.52. The van der Waals surface area contributed by atoms with Crippen molar-refractivity contribution >= 4 is 5.69 Å². The zero-order chi connectivity index (χ0) is 12.9. The number of aliphatic hydroxyl groups is 1. The lowest BCUT2D eigenvalue weighted by Crippen LogP contribution is -2.38. The third-order valence-electron chi connectivity index (χ3n) is 2.92. The zero-order valence-corrected chi connectivity index (χ0v) is 11.0. The minimum absolute atomic E-state index is 0.200. The van der Waals surface area contributed by atoms with Gasteiger partial charge in [-0.1, -0.05) is 13.8 Å². The predicted molar refractivity (Wildman–Crippen MR) is 69.4 cm³/mol. The van der Waals surface area contributed by atoms with E-state index >= 15 is 0 Å². The fraction of sp³-hybridized carbons (Fsp3) is 0.615. The minimum atomic E-state index is -0.724. The van der Waals surface area contributed by atoms with Gasteiger partial charge in [-0.15, -0.1) is 0 Å². The molecule has 0 spiro atoms. The molecule has 0 fully saturated rings. The Kier molecular flexibility index (Phi) is 4.75. The van der Waals surface area contributed by atoms with E-state index in [1.54, 1.807) is 6.20 Å². The average molecular weight is 238 g/mol.